The van der Waals surface area contributed by atoms with Crippen molar-refractivity contribution in [2.24, 2.45) is 0 Å². The maximum Gasteiger partial charge on any atom is 0.258 e. The highest BCUT2D eigenvalue weighted by molar-refractivity contribution is 9.10. The maximum atomic E-state index is 9.71. The lowest BCUT2D eigenvalue weighted by molar-refractivity contribution is 0.431. The second-order valence-electron chi connectivity index (χ2n) is 4.64. The van der Waals surface area contributed by atoms with Gasteiger partial charge >= 0.3 is 0 Å². The average Bonchev–Trinajstić information content (AvgIpc) is 3.00. The van der Waals surface area contributed by atoms with Crippen molar-refractivity contribution in [1.82, 2.24) is 10.1 Å². The fourth-order valence-electron chi connectivity index (χ4n) is 1.99. The summed E-state index contributed by atoms with van der Waals surface area (Å²) in [4.78, 5) is 4.37. The van der Waals surface area contributed by atoms with Crippen LogP contribution >= 0.6 is 15.9 Å². The highest BCUT2D eigenvalue weighted by Gasteiger charge is 2.12. The molecule has 3 rings (SSSR count). The second-order valence-corrected chi connectivity index (χ2v) is 5.49. The van der Waals surface area contributed by atoms with Crippen LogP contribution in [0.3, 0.4) is 0 Å². The van der Waals surface area contributed by atoms with Crippen LogP contribution in [-0.4, -0.2) is 15.2 Å². The molecule has 0 aliphatic carbocycles. The van der Waals surface area contributed by atoms with Gasteiger partial charge in [0.05, 0.1) is 4.47 Å². The van der Waals surface area contributed by atoms with Crippen LogP contribution in [0.4, 0.5) is 0 Å². The Kier molecular flexibility index (Phi) is 3.75. The third kappa shape index (κ3) is 2.83. The number of benzene rings is 2. The first-order valence-corrected chi connectivity index (χ1v) is 7.38. The molecule has 0 aliphatic heterocycles. The van der Waals surface area contributed by atoms with Crippen molar-refractivity contribution in [2.45, 2.75) is 13.3 Å². The lowest BCUT2D eigenvalue weighted by Crippen LogP contribution is -1.83. The summed E-state index contributed by atoms with van der Waals surface area (Å²) in [6.07, 6.45) is 0.996. The van der Waals surface area contributed by atoms with E-state index in [4.69, 9.17) is 4.52 Å². The van der Waals surface area contributed by atoms with Gasteiger partial charge in [-0.2, -0.15) is 4.98 Å². The van der Waals surface area contributed by atoms with Gasteiger partial charge in [0.2, 0.25) is 5.82 Å². The van der Waals surface area contributed by atoms with Crippen molar-refractivity contribution in [3.05, 3.63) is 52.5 Å². The summed E-state index contributed by atoms with van der Waals surface area (Å²) >= 11 is 3.24. The number of phenols is 1. The Morgan fingerprint density at radius 3 is 2.48 bits per heavy atom. The summed E-state index contributed by atoms with van der Waals surface area (Å²) in [5, 5.41) is 13.7. The normalized spacial score (nSPS) is 10.8. The largest absolute Gasteiger partial charge is 0.507 e. The van der Waals surface area contributed by atoms with Crippen molar-refractivity contribution in [3.8, 4) is 28.6 Å². The number of hydrogen-bond donors (Lipinski definition) is 1. The SMILES string of the molecule is CCc1ccc(-c2noc(-c3ccc(Br)c(O)c3)n2)cc1. The maximum absolute atomic E-state index is 9.71. The Bertz CT molecular complexity index is 766. The van der Waals surface area contributed by atoms with Gasteiger partial charge in [0.15, 0.2) is 0 Å². The molecular formula is C16H13BrN2O2. The molecule has 0 spiro atoms. The minimum absolute atomic E-state index is 0.138. The predicted octanol–water partition coefficient (Wildman–Crippen LogP) is 4.43. The van der Waals surface area contributed by atoms with Gasteiger partial charge in [0, 0.05) is 11.1 Å². The molecule has 0 amide bonds. The Morgan fingerprint density at radius 1 is 1.10 bits per heavy atom. The van der Waals surface area contributed by atoms with E-state index in [0.717, 1.165) is 12.0 Å². The quantitative estimate of drug-likeness (QED) is 0.763. The van der Waals surface area contributed by atoms with Crippen LogP contribution in [0.1, 0.15) is 12.5 Å². The monoisotopic (exact) mass is 344 g/mol. The molecule has 0 aliphatic rings. The van der Waals surface area contributed by atoms with E-state index >= 15 is 0 Å². The second kappa shape index (κ2) is 5.69. The van der Waals surface area contributed by atoms with E-state index < -0.39 is 0 Å². The molecule has 0 saturated heterocycles. The van der Waals surface area contributed by atoms with E-state index in [9.17, 15) is 5.11 Å². The van der Waals surface area contributed by atoms with Crippen LogP contribution in [-0.2, 0) is 6.42 Å². The minimum atomic E-state index is 0.138. The highest BCUT2D eigenvalue weighted by atomic mass is 79.9. The van der Waals surface area contributed by atoms with Crippen molar-refractivity contribution < 1.29 is 9.63 Å². The molecule has 0 fully saturated rings. The van der Waals surface area contributed by atoms with Gasteiger partial charge in [-0.25, -0.2) is 0 Å². The Labute approximate surface area is 130 Å². The molecule has 0 bridgehead atoms. The van der Waals surface area contributed by atoms with Crippen LogP contribution in [0.25, 0.3) is 22.8 Å². The van der Waals surface area contributed by atoms with Crippen molar-refractivity contribution in [1.29, 1.82) is 0 Å². The zero-order valence-electron chi connectivity index (χ0n) is 11.4. The van der Waals surface area contributed by atoms with E-state index in [0.29, 0.717) is 21.8 Å². The van der Waals surface area contributed by atoms with Gasteiger partial charge in [-0.15, -0.1) is 0 Å². The summed E-state index contributed by atoms with van der Waals surface area (Å²) < 4.78 is 5.90. The van der Waals surface area contributed by atoms with E-state index in [-0.39, 0.29) is 5.75 Å². The van der Waals surface area contributed by atoms with E-state index in [1.54, 1.807) is 18.2 Å². The third-order valence-corrected chi connectivity index (χ3v) is 3.91. The molecule has 0 radical (unpaired) electrons. The van der Waals surface area contributed by atoms with Crippen LogP contribution in [0.5, 0.6) is 5.75 Å². The van der Waals surface area contributed by atoms with Gasteiger partial charge in [-0.05, 0) is 46.1 Å². The van der Waals surface area contributed by atoms with Crippen LogP contribution < -0.4 is 0 Å². The molecule has 0 saturated carbocycles. The zero-order valence-corrected chi connectivity index (χ0v) is 13.0. The minimum Gasteiger partial charge on any atom is -0.507 e. The Morgan fingerprint density at radius 2 is 1.81 bits per heavy atom. The molecule has 1 N–H and O–H groups in total. The Balaban J connectivity index is 1.93. The third-order valence-electron chi connectivity index (χ3n) is 3.24. The lowest BCUT2D eigenvalue weighted by atomic mass is 10.1. The highest BCUT2D eigenvalue weighted by Crippen LogP contribution is 2.30. The molecule has 21 heavy (non-hydrogen) atoms. The first-order chi connectivity index (χ1) is 10.2. The van der Waals surface area contributed by atoms with E-state index in [1.165, 1.54) is 5.56 Å². The summed E-state index contributed by atoms with van der Waals surface area (Å²) in [5.74, 6) is 1.06. The zero-order chi connectivity index (χ0) is 14.8. The first kappa shape index (κ1) is 13.8. The van der Waals surface area contributed by atoms with Crippen molar-refractivity contribution in [2.75, 3.05) is 0 Å². The fourth-order valence-corrected chi connectivity index (χ4v) is 2.24. The fraction of sp³-hybridized carbons (Fsp3) is 0.125. The molecule has 2 aromatic carbocycles. The number of rotatable bonds is 3. The molecule has 1 aromatic heterocycles. The Hall–Kier alpha value is -2.14. The van der Waals surface area contributed by atoms with Gasteiger partial charge in [-0.3, -0.25) is 0 Å². The standard InChI is InChI=1S/C16H13BrN2O2/c1-2-10-3-5-11(6-4-10)15-18-16(21-19-15)12-7-8-13(17)14(20)9-12/h3-9,20H,2H2,1H3. The van der Waals surface area contributed by atoms with Crippen molar-refractivity contribution in [3.63, 3.8) is 0 Å². The van der Waals surface area contributed by atoms with Gasteiger partial charge in [0.25, 0.3) is 5.89 Å². The van der Waals surface area contributed by atoms with Crippen LogP contribution in [0.15, 0.2) is 51.5 Å². The van der Waals surface area contributed by atoms with Gasteiger partial charge in [0.1, 0.15) is 5.75 Å². The number of phenolic OH excluding ortho intramolecular Hbond substituents is 1. The smallest absolute Gasteiger partial charge is 0.258 e. The predicted molar refractivity (Wildman–Crippen MR) is 83.9 cm³/mol. The number of aryl methyl sites for hydroxylation is 1. The number of nitrogens with zero attached hydrogens (tertiary/aromatic N) is 2. The topological polar surface area (TPSA) is 59.2 Å². The molecule has 0 atom stereocenters. The number of aromatic hydroxyl groups is 1. The van der Waals surface area contributed by atoms with E-state index in [1.807, 2.05) is 12.1 Å². The summed E-state index contributed by atoms with van der Waals surface area (Å²) in [6.45, 7) is 2.11. The molecule has 0 unspecified atom stereocenters. The summed E-state index contributed by atoms with van der Waals surface area (Å²) in [6, 6.07) is 13.2. The van der Waals surface area contributed by atoms with Crippen LogP contribution in [0, 0.1) is 0 Å². The van der Waals surface area contributed by atoms with Crippen molar-refractivity contribution >= 4 is 15.9 Å². The van der Waals surface area contributed by atoms with Gasteiger partial charge < -0.3 is 9.63 Å². The lowest BCUT2D eigenvalue weighted by Gasteiger charge is -1.98. The van der Waals surface area contributed by atoms with Gasteiger partial charge in [-0.1, -0.05) is 36.3 Å². The summed E-state index contributed by atoms with van der Waals surface area (Å²) in [5.41, 5.74) is 2.85. The van der Waals surface area contributed by atoms with Crippen LogP contribution in [0.2, 0.25) is 0 Å². The molecule has 3 aromatic rings. The number of hydrogen-bond acceptors (Lipinski definition) is 4. The van der Waals surface area contributed by atoms with E-state index in [2.05, 4.69) is 45.1 Å². The number of aromatic nitrogens is 2. The molecule has 1 heterocycles. The molecule has 106 valence electrons. The average molecular weight is 345 g/mol. The first-order valence-electron chi connectivity index (χ1n) is 6.59. The number of halogens is 1. The molecule has 4 nitrogen and oxygen atoms in total. The summed E-state index contributed by atoms with van der Waals surface area (Å²) in [7, 11) is 0. The molecule has 5 heteroatoms. The molecular weight excluding hydrogens is 332 g/mol.